The number of pyridine rings is 1. The zero-order valence-corrected chi connectivity index (χ0v) is 24.8. The van der Waals surface area contributed by atoms with E-state index < -0.39 is 41.2 Å². The molecule has 0 bridgehead atoms. The number of hydrogen-bond acceptors (Lipinski definition) is 9. The molecular formula is C29H31ClF3N5O5. The molecule has 1 amide bonds. The van der Waals surface area contributed by atoms with Crippen molar-refractivity contribution in [2.24, 2.45) is 4.99 Å². The van der Waals surface area contributed by atoms with Crippen LogP contribution in [0.15, 0.2) is 46.7 Å². The van der Waals surface area contributed by atoms with Crippen LogP contribution in [-0.2, 0) is 19.0 Å². The van der Waals surface area contributed by atoms with Crippen LogP contribution in [0, 0.1) is 17.5 Å². The molecule has 2 aromatic rings. The Balaban J connectivity index is 1.54. The van der Waals surface area contributed by atoms with E-state index in [0.717, 1.165) is 12.3 Å². The average molecular weight is 622 g/mol. The molecule has 5 rings (SSSR count). The molecule has 4 heterocycles. The number of halogens is 4. The molecule has 0 radical (unpaired) electrons. The van der Waals surface area contributed by atoms with Gasteiger partial charge in [0.1, 0.15) is 29.0 Å². The number of amides is 1. The third-order valence-electron chi connectivity index (χ3n) is 7.25. The first-order valence-electron chi connectivity index (χ1n) is 13.6. The second-order valence-electron chi connectivity index (χ2n) is 11.4. The molecule has 2 fully saturated rings. The van der Waals surface area contributed by atoms with Crippen molar-refractivity contribution in [3.8, 4) is 0 Å². The van der Waals surface area contributed by atoms with Gasteiger partial charge in [-0.3, -0.25) is 9.89 Å². The lowest BCUT2D eigenvalue weighted by molar-refractivity contribution is -0.136. The number of fused-ring (bicyclic) bond motifs is 1. The van der Waals surface area contributed by atoms with E-state index in [0.29, 0.717) is 38.0 Å². The van der Waals surface area contributed by atoms with Crippen LogP contribution in [0.5, 0.6) is 0 Å². The number of carbonyl (C=O) groups excluding carboxylic acids is 2. The number of methoxy groups -OCH3 is 1. The summed E-state index contributed by atoms with van der Waals surface area (Å²) in [4.78, 5) is 38.1. The molecule has 10 nitrogen and oxygen atoms in total. The maximum atomic E-state index is 14.9. The van der Waals surface area contributed by atoms with Crippen LogP contribution in [0.25, 0.3) is 0 Å². The van der Waals surface area contributed by atoms with Crippen LogP contribution in [0.3, 0.4) is 0 Å². The first-order valence-corrected chi connectivity index (χ1v) is 14.0. The second kappa shape index (κ2) is 12.1. The standard InChI is InChI=1S/C29H31ClF3N5O5/c1-29(2,3)43-28(40)38-13-21-22(14-38)42-8-7-37(21)12-20-23(27(39)41-4)24(17-6-5-15(31)9-18(17)30)36-26(35-20)25-19(33)10-16(32)11-34-25/h5-6,9-11,21-22,24H,7-8,12-14H2,1-4H3,(H,35,36)/t21-,22-,24+/m0/s1. The molecule has 1 N–H and O–H groups in total. The number of rotatable bonds is 5. The van der Waals surface area contributed by atoms with Gasteiger partial charge in [-0.2, -0.15) is 0 Å². The Morgan fingerprint density at radius 2 is 1.93 bits per heavy atom. The number of nitrogens with zero attached hydrogens (tertiary/aromatic N) is 4. The molecule has 0 unspecified atom stereocenters. The fourth-order valence-corrected chi connectivity index (χ4v) is 5.63. The Labute approximate surface area is 251 Å². The Morgan fingerprint density at radius 1 is 1.16 bits per heavy atom. The fourth-order valence-electron chi connectivity index (χ4n) is 5.36. The second-order valence-corrected chi connectivity index (χ2v) is 11.8. The molecular weight excluding hydrogens is 591 g/mol. The molecule has 3 atom stereocenters. The number of esters is 1. The van der Waals surface area contributed by atoms with E-state index in [-0.39, 0.29) is 46.4 Å². The monoisotopic (exact) mass is 621 g/mol. The van der Waals surface area contributed by atoms with Crippen molar-refractivity contribution in [2.45, 2.75) is 44.6 Å². The highest BCUT2D eigenvalue weighted by molar-refractivity contribution is 6.31. The van der Waals surface area contributed by atoms with Gasteiger partial charge in [0, 0.05) is 42.0 Å². The molecule has 3 aliphatic rings. The van der Waals surface area contributed by atoms with E-state index in [1.165, 1.54) is 19.2 Å². The van der Waals surface area contributed by atoms with Crippen LogP contribution < -0.4 is 5.32 Å². The summed E-state index contributed by atoms with van der Waals surface area (Å²) < 4.78 is 59.2. The summed E-state index contributed by atoms with van der Waals surface area (Å²) >= 11 is 6.41. The zero-order chi connectivity index (χ0) is 31.1. The number of likely N-dealkylation sites (tertiary alicyclic amines) is 1. The van der Waals surface area contributed by atoms with Gasteiger partial charge < -0.3 is 24.4 Å². The van der Waals surface area contributed by atoms with Gasteiger partial charge >= 0.3 is 12.1 Å². The first kappa shape index (κ1) is 30.8. The third-order valence-corrected chi connectivity index (χ3v) is 7.58. The maximum absolute atomic E-state index is 14.9. The van der Waals surface area contributed by atoms with Crippen molar-refractivity contribution >= 4 is 29.5 Å². The minimum absolute atomic E-state index is 0.0153. The predicted octanol–water partition coefficient (Wildman–Crippen LogP) is 3.99. The van der Waals surface area contributed by atoms with E-state index >= 15 is 0 Å². The van der Waals surface area contributed by atoms with Crippen LogP contribution in [0.2, 0.25) is 5.02 Å². The van der Waals surface area contributed by atoms with E-state index in [1.807, 2.05) is 4.90 Å². The SMILES string of the molecule is COC(=O)C1=C(CN2CCO[C@H]3CN(C(=O)OC(C)(C)C)C[C@@H]32)NC(c2ncc(F)cc2F)=N[C@@H]1c1ccc(F)cc1Cl. The molecule has 2 saturated heterocycles. The molecule has 43 heavy (non-hydrogen) atoms. The number of hydrogen-bond donors (Lipinski definition) is 1. The van der Waals surface area contributed by atoms with E-state index in [1.54, 1.807) is 25.7 Å². The van der Waals surface area contributed by atoms with Crippen LogP contribution >= 0.6 is 11.6 Å². The largest absolute Gasteiger partial charge is 0.466 e. The van der Waals surface area contributed by atoms with E-state index in [4.69, 9.17) is 25.8 Å². The highest BCUT2D eigenvalue weighted by atomic mass is 35.5. The average Bonchev–Trinajstić information content (AvgIpc) is 3.37. The minimum Gasteiger partial charge on any atom is -0.466 e. The Hall–Kier alpha value is -3.68. The number of amidine groups is 1. The number of benzene rings is 1. The summed E-state index contributed by atoms with van der Waals surface area (Å²) in [6.45, 7) is 6.89. The van der Waals surface area contributed by atoms with Crippen molar-refractivity contribution in [2.75, 3.05) is 39.9 Å². The molecule has 0 aliphatic carbocycles. The Kier molecular flexibility index (Phi) is 8.68. The normalized spacial score (nSPS) is 22.6. The van der Waals surface area contributed by atoms with Gasteiger partial charge in [0.15, 0.2) is 11.7 Å². The summed E-state index contributed by atoms with van der Waals surface area (Å²) in [5.41, 5.74) is -0.341. The summed E-state index contributed by atoms with van der Waals surface area (Å²) in [5.74, 6) is -3.28. The van der Waals surface area contributed by atoms with Crippen LogP contribution in [0.1, 0.15) is 38.1 Å². The molecule has 0 saturated carbocycles. The lowest BCUT2D eigenvalue weighted by Crippen LogP contribution is -2.53. The smallest absolute Gasteiger partial charge is 0.410 e. The maximum Gasteiger partial charge on any atom is 0.410 e. The molecule has 230 valence electrons. The minimum atomic E-state index is -1.14. The number of aromatic nitrogens is 1. The van der Waals surface area contributed by atoms with Gasteiger partial charge in [0.25, 0.3) is 0 Å². The van der Waals surface area contributed by atoms with Gasteiger partial charge in [-0.1, -0.05) is 17.7 Å². The first-order chi connectivity index (χ1) is 20.3. The molecule has 1 aromatic carbocycles. The van der Waals surface area contributed by atoms with Crippen molar-refractivity contribution in [1.82, 2.24) is 20.1 Å². The number of morpholine rings is 1. The molecule has 14 heteroatoms. The highest BCUT2D eigenvalue weighted by Gasteiger charge is 2.44. The van der Waals surface area contributed by atoms with Gasteiger partial charge in [-0.05, 0) is 32.9 Å². The lowest BCUT2D eigenvalue weighted by Gasteiger charge is -2.38. The fraction of sp³-hybridized carbons (Fsp3) is 0.448. The third kappa shape index (κ3) is 6.63. The topological polar surface area (TPSA) is 106 Å². The Morgan fingerprint density at radius 3 is 2.60 bits per heavy atom. The van der Waals surface area contributed by atoms with Crippen molar-refractivity contribution in [1.29, 1.82) is 0 Å². The molecule has 1 aromatic heterocycles. The summed E-state index contributed by atoms with van der Waals surface area (Å²) in [7, 11) is 1.21. The summed E-state index contributed by atoms with van der Waals surface area (Å²) in [5, 5.41) is 3.00. The summed E-state index contributed by atoms with van der Waals surface area (Å²) in [6.07, 6.45) is 0.0608. The van der Waals surface area contributed by atoms with E-state index in [2.05, 4.69) is 15.3 Å². The van der Waals surface area contributed by atoms with Gasteiger partial charge in [0.2, 0.25) is 0 Å². The number of nitrogens with one attached hydrogen (secondary N) is 1. The summed E-state index contributed by atoms with van der Waals surface area (Å²) in [6, 6.07) is 2.89. The zero-order valence-electron chi connectivity index (χ0n) is 24.0. The Bertz CT molecular complexity index is 1500. The number of aliphatic imine (C=N–C) groups is 1. The van der Waals surface area contributed by atoms with Crippen molar-refractivity contribution in [3.63, 3.8) is 0 Å². The molecule has 3 aliphatic heterocycles. The van der Waals surface area contributed by atoms with Crippen molar-refractivity contribution in [3.05, 3.63) is 75.5 Å². The number of ether oxygens (including phenoxy) is 3. The predicted molar refractivity (Wildman–Crippen MR) is 150 cm³/mol. The van der Waals surface area contributed by atoms with Gasteiger partial charge in [-0.25, -0.2) is 27.7 Å². The highest BCUT2D eigenvalue weighted by Crippen LogP contribution is 2.37. The van der Waals surface area contributed by atoms with Gasteiger partial charge in [0.05, 0.1) is 44.2 Å². The van der Waals surface area contributed by atoms with Crippen LogP contribution in [-0.4, -0.2) is 90.3 Å². The van der Waals surface area contributed by atoms with Crippen LogP contribution in [0.4, 0.5) is 18.0 Å². The molecule has 0 spiro atoms. The van der Waals surface area contributed by atoms with Gasteiger partial charge in [-0.15, -0.1) is 0 Å². The lowest BCUT2D eigenvalue weighted by atomic mass is 9.94. The quantitative estimate of drug-likeness (QED) is 0.500. The van der Waals surface area contributed by atoms with Crippen molar-refractivity contribution < 1.29 is 37.0 Å². The number of carbonyl (C=O) groups is 2. The van der Waals surface area contributed by atoms with E-state index in [9.17, 15) is 22.8 Å².